The fourth-order valence-electron chi connectivity index (χ4n) is 2.32. The summed E-state index contributed by atoms with van der Waals surface area (Å²) >= 11 is 1.67. The highest BCUT2D eigenvalue weighted by Crippen LogP contribution is 2.41. The largest absolute Gasteiger partial charge is 0.496 e. The van der Waals surface area contributed by atoms with E-state index in [1.54, 1.807) is 33.1 Å². The fraction of sp³-hybridized carbons (Fsp3) is 0.167. The molecule has 0 unspecified atom stereocenters. The molecule has 4 nitrogen and oxygen atoms in total. The highest BCUT2D eigenvalue weighted by atomic mass is 32.2. The Balaban J connectivity index is 2.03. The second kappa shape index (κ2) is 6.79. The van der Waals surface area contributed by atoms with E-state index >= 15 is 0 Å². The van der Waals surface area contributed by atoms with E-state index in [9.17, 15) is 0 Å². The van der Waals surface area contributed by atoms with E-state index in [4.69, 9.17) is 14.2 Å². The maximum absolute atomic E-state index is 5.48. The molecule has 0 saturated carbocycles. The molecule has 1 aliphatic heterocycles. The van der Waals surface area contributed by atoms with E-state index < -0.39 is 0 Å². The summed E-state index contributed by atoms with van der Waals surface area (Å²) in [7, 11) is 4.88. The van der Waals surface area contributed by atoms with Crippen LogP contribution in [0.1, 0.15) is 5.56 Å². The van der Waals surface area contributed by atoms with Gasteiger partial charge in [0.15, 0.2) is 0 Å². The van der Waals surface area contributed by atoms with Crippen molar-refractivity contribution >= 4 is 29.7 Å². The van der Waals surface area contributed by atoms with Crippen LogP contribution < -0.4 is 14.2 Å². The van der Waals surface area contributed by atoms with Gasteiger partial charge in [0.05, 0.1) is 32.6 Å². The van der Waals surface area contributed by atoms with Crippen molar-refractivity contribution in [3.05, 3.63) is 46.9 Å². The molecule has 118 valence electrons. The van der Waals surface area contributed by atoms with Gasteiger partial charge in [-0.25, -0.2) is 0 Å². The van der Waals surface area contributed by atoms with E-state index in [0.29, 0.717) is 17.2 Å². The highest BCUT2D eigenvalue weighted by Gasteiger charge is 2.15. The molecule has 0 atom stereocenters. The van der Waals surface area contributed by atoms with Gasteiger partial charge < -0.3 is 14.2 Å². The molecule has 2 aromatic carbocycles. The Morgan fingerprint density at radius 1 is 0.957 bits per heavy atom. The Hall–Kier alpha value is -2.40. The van der Waals surface area contributed by atoms with E-state index in [1.165, 1.54) is 0 Å². The summed E-state index contributed by atoms with van der Waals surface area (Å²) in [4.78, 5) is 6.65. The zero-order chi connectivity index (χ0) is 16.2. The molecule has 5 heteroatoms. The minimum atomic E-state index is 0.691. The number of allylic oxidation sites excluding steroid dienone is 1. The van der Waals surface area contributed by atoms with Gasteiger partial charge in [-0.1, -0.05) is 23.9 Å². The lowest BCUT2D eigenvalue weighted by Crippen LogP contribution is -1.96. The molecule has 0 N–H and O–H groups in total. The van der Waals surface area contributed by atoms with Gasteiger partial charge >= 0.3 is 0 Å². The first-order chi connectivity index (χ1) is 11.2. The second-order valence-corrected chi connectivity index (χ2v) is 5.94. The topological polar surface area (TPSA) is 40.0 Å². The molecule has 0 radical (unpaired) electrons. The van der Waals surface area contributed by atoms with Crippen LogP contribution in [0.15, 0.2) is 51.2 Å². The maximum atomic E-state index is 5.48. The summed E-state index contributed by atoms with van der Waals surface area (Å²) in [5, 5.41) is 0. The zero-order valence-corrected chi connectivity index (χ0v) is 14.0. The number of thioether (sulfide) groups is 1. The summed E-state index contributed by atoms with van der Waals surface area (Å²) in [5.41, 5.74) is 1.85. The van der Waals surface area contributed by atoms with Gasteiger partial charge in [-0.15, -0.1) is 0 Å². The van der Waals surface area contributed by atoms with Crippen molar-refractivity contribution in [2.24, 2.45) is 4.99 Å². The molecular weight excluding hydrogens is 310 g/mol. The Bertz CT molecular complexity index is 759. The van der Waals surface area contributed by atoms with Gasteiger partial charge in [-0.05, 0) is 18.2 Å². The van der Waals surface area contributed by atoms with E-state index in [2.05, 4.69) is 11.1 Å². The number of methoxy groups -OCH3 is 3. The molecule has 2 aromatic rings. The van der Waals surface area contributed by atoms with E-state index in [1.807, 2.05) is 42.6 Å². The lowest BCUT2D eigenvalue weighted by molar-refractivity contribution is 0.374. The number of hydrogen-bond donors (Lipinski definition) is 0. The average Bonchev–Trinajstić information content (AvgIpc) is 2.61. The molecule has 0 aliphatic carbocycles. The minimum absolute atomic E-state index is 0.691. The van der Waals surface area contributed by atoms with E-state index in [0.717, 1.165) is 21.1 Å². The number of para-hydroxylation sites is 1. The number of hydrogen-bond acceptors (Lipinski definition) is 5. The van der Waals surface area contributed by atoms with Crippen molar-refractivity contribution in [3.8, 4) is 17.2 Å². The van der Waals surface area contributed by atoms with Crippen LogP contribution in [0.4, 0.5) is 5.69 Å². The fourth-order valence-corrected chi connectivity index (χ4v) is 3.23. The minimum Gasteiger partial charge on any atom is -0.496 e. The Morgan fingerprint density at radius 3 is 2.30 bits per heavy atom. The molecule has 0 saturated heterocycles. The molecule has 1 heterocycles. The van der Waals surface area contributed by atoms with Crippen molar-refractivity contribution in [3.63, 3.8) is 0 Å². The van der Waals surface area contributed by atoms with Gasteiger partial charge in [-0.2, -0.15) is 0 Å². The molecule has 0 bridgehead atoms. The third-order valence-electron chi connectivity index (χ3n) is 3.46. The molecule has 3 rings (SSSR count). The van der Waals surface area contributed by atoms with Crippen LogP contribution in [-0.2, 0) is 0 Å². The van der Waals surface area contributed by atoms with Crippen molar-refractivity contribution in [1.82, 2.24) is 0 Å². The smallest absolute Gasteiger partial charge is 0.133 e. The number of fused-ring (bicyclic) bond motifs is 1. The molecule has 1 aliphatic rings. The third-order valence-corrected chi connectivity index (χ3v) is 4.49. The molecular formula is C18H17NO3S. The van der Waals surface area contributed by atoms with Crippen LogP contribution in [0.2, 0.25) is 0 Å². The maximum Gasteiger partial charge on any atom is 0.133 e. The van der Waals surface area contributed by atoms with Crippen LogP contribution in [0.5, 0.6) is 17.2 Å². The Labute approximate surface area is 139 Å². The van der Waals surface area contributed by atoms with Crippen molar-refractivity contribution < 1.29 is 14.2 Å². The summed E-state index contributed by atoms with van der Waals surface area (Å²) < 4.78 is 16.2. The predicted molar refractivity (Wildman–Crippen MR) is 94.5 cm³/mol. The molecule has 23 heavy (non-hydrogen) atoms. The lowest BCUT2D eigenvalue weighted by Gasteiger charge is -2.15. The monoisotopic (exact) mass is 327 g/mol. The standard InChI is InChI=1S/C18H17NO3S/c1-20-12-8-16(21-2)14(17(9-12)22-3)10-13-11-19-15-6-4-5-7-18(15)23-13/h4-11H,1-3H3. The first-order valence-corrected chi connectivity index (χ1v) is 7.89. The Kier molecular flexibility index (Phi) is 4.57. The quantitative estimate of drug-likeness (QED) is 0.825. The first-order valence-electron chi connectivity index (χ1n) is 7.08. The number of aliphatic imine (C=N–C) groups is 1. The van der Waals surface area contributed by atoms with Gasteiger partial charge in [-0.3, -0.25) is 4.99 Å². The number of rotatable bonds is 4. The summed E-state index contributed by atoms with van der Waals surface area (Å²) in [6.45, 7) is 0. The SMILES string of the molecule is COc1cc(OC)c(C=C2C=Nc3ccccc3S2)c(OC)c1. The first kappa shape index (κ1) is 15.5. The molecule has 0 aromatic heterocycles. The van der Waals surface area contributed by atoms with Gasteiger partial charge in [0.2, 0.25) is 0 Å². The average molecular weight is 327 g/mol. The van der Waals surface area contributed by atoms with Crippen molar-refractivity contribution in [2.75, 3.05) is 21.3 Å². The molecule has 0 fully saturated rings. The normalized spacial score (nSPS) is 14.5. The van der Waals surface area contributed by atoms with E-state index in [-0.39, 0.29) is 0 Å². The van der Waals surface area contributed by atoms with Crippen molar-refractivity contribution in [2.45, 2.75) is 4.90 Å². The number of nitrogens with zero attached hydrogens (tertiary/aromatic N) is 1. The predicted octanol–water partition coefficient (Wildman–Crippen LogP) is 4.56. The second-order valence-electron chi connectivity index (χ2n) is 4.82. The third kappa shape index (κ3) is 3.19. The number of ether oxygens (including phenoxy) is 3. The van der Waals surface area contributed by atoms with Gasteiger partial charge in [0, 0.05) is 28.1 Å². The van der Waals surface area contributed by atoms with Crippen molar-refractivity contribution in [1.29, 1.82) is 0 Å². The zero-order valence-electron chi connectivity index (χ0n) is 13.2. The van der Waals surface area contributed by atoms with Gasteiger partial charge in [0.1, 0.15) is 17.2 Å². The summed E-state index contributed by atoms with van der Waals surface area (Å²) in [6, 6.07) is 11.7. The highest BCUT2D eigenvalue weighted by molar-refractivity contribution is 8.04. The van der Waals surface area contributed by atoms with Crippen LogP contribution in [-0.4, -0.2) is 27.5 Å². The Morgan fingerprint density at radius 2 is 1.65 bits per heavy atom. The molecule has 0 spiro atoms. The van der Waals surface area contributed by atoms with Gasteiger partial charge in [0.25, 0.3) is 0 Å². The summed E-state index contributed by atoms with van der Waals surface area (Å²) in [5.74, 6) is 2.08. The van der Waals surface area contributed by atoms with Crippen LogP contribution in [0, 0.1) is 0 Å². The lowest BCUT2D eigenvalue weighted by atomic mass is 10.1. The summed E-state index contributed by atoms with van der Waals surface area (Å²) in [6.07, 6.45) is 3.87. The van der Waals surface area contributed by atoms with Crippen LogP contribution >= 0.6 is 11.8 Å². The number of benzene rings is 2. The molecule has 0 amide bonds. The van der Waals surface area contributed by atoms with Crippen LogP contribution in [0.3, 0.4) is 0 Å². The van der Waals surface area contributed by atoms with Crippen LogP contribution in [0.25, 0.3) is 6.08 Å².